The van der Waals surface area contributed by atoms with E-state index in [1.165, 1.54) is 66.0 Å². The van der Waals surface area contributed by atoms with Crippen LogP contribution >= 0.6 is 0 Å². The van der Waals surface area contributed by atoms with E-state index in [2.05, 4.69) is 217 Å². The molecular formula is C55H38N2O. The third kappa shape index (κ3) is 4.74. The highest BCUT2D eigenvalue weighted by Crippen LogP contribution is 2.52. The molecule has 0 bridgehead atoms. The second-order valence-corrected chi connectivity index (χ2v) is 16.1. The molecule has 58 heavy (non-hydrogen) atoms. The Balaban J connectivity index is 1.05. The molecule has 9 aromatic carbocycles. The maximum Gasteiger partial charge on any atom is 0.160 e. The van der Waals surface area contributed by atoms with Crippen molar-refractivity contribution in [1.82, 2.24) is 4.57 Å². The fourth-order valence-corrected chi connectivity index (χ4v) is 9.81. The van der Waals surface area contributed by atoms with Crippen molar-refractivity contribution >= 4 is 71.6 Å². The van der Waals surface area contributed by atoms with Gasteiger partial charge < -0.3 is 13.9 Å². The standard InChI is InChI=1S/C55H38N2O/c1-55(2)47-21-11-8-18-42(47)45-34-40(29-30-48(45)55)56(51-33-37-14-6-7-17-41(37)53-44-20-10-13-23-52(44)58-54(51)53)39-27-24-35(25-28-39)36-26-31-50-46(32-36)43-19-9-12-22-49(43)57(50)38-15-4-3-5-16-38/h3-34H,1-2H3. The summed E-state index contributed by atoms with van der Waals surface area (Å²) in [6.45, 7) is 4.68. The second kappa shape index (κ2) is 12.3. The number of rotatable bonds is 5. The van der Waals surface area contributed by atoms with Crippen molar-refractivity contribution in [3.63, 3.8) is 0 Å². The number of hydrogen-bond donors (Lipinski definition) is 0. The van der Waals surface area contributed by atoms with Crippen molar-refractivity contribution in [2.45, 2.75) is 19.3 Å². The maximum absolute atomic E-state index is 6.86. The molecule has 0 amide bonds. The first-order valence-electron chi connectivity index (χ1n) is 20.1. The summed E-state index contributed by atoms with van der Waals surface area (Å²) in [4.78, 5) is 2.39. The molecule has 11 aromatic rings. The number of para-hydroxylation sites is 3. The van der Waals surface area contributed by atoms with Crippen LogP contribution in [0, 0.1) is 0 Å². The lowest BCUT2D eigenvalue weighted by atomic mass is 9.82. The van der Waals surface area contributed by atoms with Crippen LogP contribution in [0.5, 0.6) is 0 Å². The van der Waals surface area contributed by atoms with Crippen molar-refractivity contribution in [3.8, 4) is 27.9 Å². The van der Waals surface area contributed by atoms with Gasteiger partial charge in [-0.2, -0.15) is 0 Å². The lowest BCUT2D eigenvalue weighted by Gasteiger charge is -2.28. The summed E-state index contributed by atoms with van der Waals surface area (Å²) in [5.41, 5.74) is 16.1. The van der Waals surface area contributed by atoms with Gasteiger partial charge in [-0.1, -0.05) is 141 Å². The second-order valence-electron chi connectivity index (χ2n) is 16.1. The summed E-state index contributed by atoms with van der Waals surface area (Å²) in [6.07, 6.45) is 0. The summed E-state index contributed by atoms with van der Waals surface area (Å²) < 4.78 is 9.23. The first-order chi connectivity index (χ1) is 28.5. The molecule has 0 fully saturated rings. The molecular weight excluding hydrogens is 705 g/mol. The highest BCUT2D eigenvalue weighted by Gasteiger charge is 2.36. The van der Waals surface area contributed by atoms with Gasteiger partial charge in [-0.25, -0.2) is 0 Å². The topological polar surface area (TPSA) is 21.3 Å². The van der Waals surface area contributed by atoms with Gasteiger partial charge in [0, 0.05) is 44.0 Å². The van der Waals surface area contributed by atoms with E-state index in [4.69, 9.17) is 4.42 Å². The average Bonchev–Trinajstić information content (AvgIpc) is 3.90. The fourth-order valence-electron chi connectivity index (χ4n) is 9.81. The minimum Gasteiger partial charge on any atom is -0.454 e. The van der Waals surface area contributed by atoms with Crippen LogP contribution in [0.4, 0.5) is 17.1 Å². The van der Waals surface area contributed by atoms with Gasteiger partial charge in [-0.3, -0.25) is 0 Å². The normalized spacial score (nSPS) is 13.1. The third-order valence-corrected chi connectivity index (χ3v) is 12.6. The molecule has 2 aromatic heterocycles. The van der Waals surface area contributed by atoms with Gasteiger partial charge in [0.05, 0.1) is 16.7 Å². The Morgan fingerprint density at radius 3 is 1.98 bits per heavy atom. The van der Waals surface area contributed by atoms with Crippen molar-refractivity contribution in [2.24, 2.45) is 0 Å². The number of furan rings is 1. The average molecular weight is 743 g/mol. The lowest BCUT2D eigenvalue weighted by Crippen LogP contribution is -2.15. The van der Waals surface area contributed by atoms with E-state index in [-0.39, 0.29) is 5.41 Å². The van der Waals surface area contributed by atoms with Crippen LogP contribution < -0.4 is 4.90 Å². The smallest absolute Gasteiger partial charge is 0.160 e. The number of nitrogens with zero attached hydrogens (tertiary/aromatic N) is 2. The number of hydrogen-bond acceptors (Lipinski definition) is 2. The third-order valence-electron chi connectivity index (χ3n) is 12.6. The van der Waals surface area contributed by atoms with Gasteiger partial charge in [0.25, 0.3) is 0 Å². The van der Waals surface area contributed by atoms with Gasteiger partial charge in [0.2, 0.25) is 0 Å². The Morgan fingerprint density at radius 2 is 1.12 bits per heavy atom. The van der Waals surface area contributed by atoms with E-state index < -0.39 is 0 Å². The lowest BCUT2D eigenvalue weighted by molar-refractivity contribution is 0.660. The quantitative estimate of drug-likeness (QED) is 0.175. The minimum atomic E-state index is -0.0829. The molecule has 0 saturated carbocycles. The molecule has 2 heterocycles. The van der Waals surface area contributed by atoms with E-state index in [1.807, 2.05) is 0 Å². The monoisotopic (exact) mass is 742 g/mol. The number of benzene rings is 9. The fraction of sp³-hybridized carbons (Fsp3) is 0.0545. The predicted molar refractivity (Wildman–Crippen MR) is 243 cm³/mol. The molecule has 3 heteroatoms. The molecule has 0 aliphatic heterocycles. The van der Waals surface area contributed by atoms with Crippen LogP contribution in [0.3, 0.4) is 0 Å². The summed E-state index contributed by atoms with van der Waals surface area (Å²) in [6, 6.07) is 70.6. The summed E-state index contributed by atoms with van der Waals surface area (Å²) in [7, 11) is 0. The number of aromatic nitrogens is 1. The Morgan fingerprint density at radius 1 is 0.466 bits per heavy atom. The highest BCUT2D eigenvalue weighted by molar-refractivity contribution is 6.23. The van der Waals surface area contributed by atoms with Crippen molar-refractivity contribution in [2.75, 3.05) is 4.90 Å². The van der Waals surface area contributed by atoms with Crippen molar-refractivity contribution < 1.29 is 4.42 Å². The Kier molecular flexibility index (Phi) is 6.98. The van der Waals surface area contributed by atoms with E-state index in [0.29, 0.717) is 0 Å². The van der Waals surface area contributed by atoms with E-state index in [9.17, 15) is 0 Å². The van der Waals surface area contributed by atoms with Crippen molar-refractivity contribution in [3.05, 3.63) is 205 Å². The molecule has 0 unspecified atom stereocenters. The zero-order valence-corrected chi connectivity index (χ0v) is 32.3. The Bertz CT molecular complexity index is 3420. The van der Waals surface area contributed by atoms with Gasteiger partial charge in [0.1, 0.15) is 5.58 Å². The molecule has 0 radical (unpaired) electrons. The van der Waals surface area contributed by atoms with Crippen LogP contribution in [0.15, 0.2) is 199 Å². The molecule has 0 atom stereocenters. The van der Waals surface area contributed by atoms with Crippen LogP contribution in [-0.2, 0) is 5.41 Å². The molecule has 0 N–H and O–H groups in total. The van der Waals surface area contributed by atoms with Crippen molar-refractivity contribution in [1.29, 1.82) is 0 Å². The van der Waals surface area contributed by atoms with Crippen LogP contribution in [0.1, 0.15) is 25.0 Å². The van der Waals surface area contributed by atoms with Crippen LogP contribution in [-0.4, -0.2) is 4.57 Å². The first kappa shape index (κ1) is 32.8. The molecule has 0 spiro atoms. The summed E-state index contributed by atoms with van der Waals surface area (Å²) in [5.74, 6) is 0. The zero-order valence-electron chi connectivity index (χ0n) is 32.3. The van der Waals surface area contributed by atoms with Gasteiger partial charge in [-0.05, 0) is 111 Å². The Labute approximate surface area is 336 Å². The minimum absolute atomic E-state index is 0.0829. The van der Waals surface area contributed by atoms with Crippen LogP contribution in [0.25, 0.3) is 82.5 Å². The molecule has 1 aliphatic rings. The first-order valence-corrected chi connectivity index (χ1v) is 20.1. The number of fused-ring (bicyclic) bond motifs is 11. The Hall–Kier alpha value is -7.36. The molecule has 1 aliphatic carbocycles. The molecule has 274 valence electrons. The highest BCUT2D eigenvalue weighted by atomic mass is 16.3. The van der Waals surface area contributed by atoms with Gasteiger partial charge in [0.15, 0.2) is 5.58 Å². The molecule has 3 nitrogen and oxygen atoms in total. The zero-order chi connectivity index (χ0) is 38.5. The molecule has 0 saturated heterocycles. The SMILES string of the molecule is CC1(C)c2ccccc2-c2cc(N(c3ccc(-c4ccc5c(c4)c4ccccc4n5-c4ccccc4)cc3)c3cc4ccccc4c4c3oc3ccccc34)ccc21. The maximum atomic E-state index is 6.86. The molecule has 12 rings (SSSR count). The predicted octanol–water partition coefficient (Wildman–Crippen LogP) is 15.3. The van der Waals surface area contributed by atoms with E-state index >= 15 is 0 Å². The van der Waals surface area contributed by atoms with Gasteiger partial charge in [-0.15, -0.1) is 0 Å². The van der Waals surface area contributed by atoms with E-state index in [0.717, 1.165) is 44.7 Å². The van der Waals surface area contributed by atoms with Crippen LogP contribution in [0.2, 0.25) is 0 Å². The largest absolute Gasteiger partial charge is 0.454 e. The van der Waals surface area contributed by atoms with E-state index in [1.54, 1.807) is 0 Å². The van der Waals surface area contributed by atoms with Gasteiger partial charge >= 0.3 is 0 Å². The number of anilines is 3. The summed E-state index contributed by atoms with van der Waals surface area (Å²) >= 11 is 0. The summed E-state index contributed by atoms with van der Waals surface area (Å²) in [5, 5.41) is 7.12.